The molecule has 0 aliphatic rings. The van der Waals surface area contributed by atoms with Crippen LogP contribution in [0.2, 0.25) is 0 Å². The Morgan fingerprint density at radius 2 is 2.25 bits per heavy atom. The SMILES string of the molecule is CCOC(=O)Cc1noc(CCC(=O)O)n1. The highest BCUT2D eigenvalue weighted by molar-refractivity contribution is 5.71. The van der Waals surface area contributed by atoms with E-state index in [4.69, 9.17) is 14.4 Å². The fourth-order valence-electron chi connectivity index (χ4n) is 1.02. The first kappa shape index (κ1) is 12.2. The Kier molecular flexibility index (Phi) is 4.43. The van der Waals surface area contributed by atoms with E-state index in [2.05, 4.69) is 10.1 Å². The lowest BCUT2D eigenvalue weighted by Gasteiger charge is -1.96. The monoisotopic (exact) mass is 228 g/mol. The van der Waals surface area contributed by atoms with Crippen molar-refractivity contribution in [2.75, 3.05) is 6.61 Å². The number of nitrogens with zero attached hydrogens (tertiary/aromatic N) is 2. The highest BCUT2D eigenvalue weighted by atomic mass is 16.5. The molecule has 0 aliphatic heterocycles. The van der Waals surface area contributed by atoms with Crippen LogP contribution in [0.15, 0.2) is 4.52 Å². The maximum absolute atomic E-state index is 11.0. The first-order chi connectivity index (χ1) is 7.61. The normalized spacial score (nSPS) is 10.1. The van der Waals surface area contributed by atoms with Gasteiger partial charge < -0.3 is 14.4 Å². The van der Waals surface area contributed by atoms with Gasteiger partial charge in [0.2, 0.25) is 5.89 Å². The summed E-state index contributed by atoms with van der Waals surface area (Å²) < 4.78 is 9.46. The van der Waals surface area contributed by atoms with E-state index < -0.39 is 11.9 Å². The van der Waals surface area contributed by atoms with Gasteiger partial charge in [-0.2, -0.15) is 4.98 Å². The topological polar surface area (TPSA) is 103 Å². The Balaban J connectivity index is 2.45. The molecule has 0 saturated carbocycles. The van der Waals surface area contributed by atoms with Crippen LogP contribution >= 0.6 is 0 Å². The molecule has 1 rings (SSSR count). The summed E-state index contributed by atoms with van der Waals surface area (Å²) in [5.74, 6) is -0.959. The van der Waals surface area contributed by atoms with Crippen LogP contribution < -0.4 is 0 Å². The molecule has 7 nitrogen and oxygen atoms in total. The van der Waals surface area contributed by atoms with Gasteiger partial charge in [-0.3, -0.25) is 9.59 Å². The number of carbonyl (C=O) groups is 2. The average Bonchev–Trinajstić information content (AvgIpc) is 2.63. The minimum atomic E-state index is -0.940. The van der Waals surface area contributed by atoms with Gasteiger partial charge in [0.25, 0.3) is 0 Å². The van der Waals surface area contributed by atoms with Crippen LogP contribution in [0.25, 0.3) is 0 Å². The standard InChI is InChI=1S/C9H12N2O5/c1-2-15-9(14)5-6-10-7(16-11-6)3-4-8(12)13/h2-5H2,1H3,(H,12,13). The zero-order valence-electron chi connectivity index (χ0n) is 8.80. The maximum Gasteiger partial charge on any atom is 0.313 e. The summed E-state index contributed by atoms with van der Waals surface area (Å²) in [6, 6.07) is 0. The zero-order chi connectivity index (χ0) is 12.0. The van der Waals surface area contributed by atoms with Crippen LogP contribution in [0.4, 0.5) is 0 Å². The number of carbonyl (C=O) groups excluding carboxylic acids is 1. The van der Waals surface area contributed by atoms with Gasteiger partial charge in [-0.25, -0.2) is 0 Å². The molecule has 88 valence electrons. The van der Waals surface area contributed by atoms with Crippen molar-refractivity contribution in [2.45, 2.75) is 26.2 Å². The number of carboxylic acid groups (broad SMARTS) is 1. The maximum atomic E-state index is 11.0. The van der Waals surface area contributed by atoms with E-state index in [1.54, 1.807) is 6.92 Å². The lowest BCUT2D eigenvalue weighted by Crippen LogP contribution is -2.08. The number of hydrogen-bond donors (Lipinski definition) is 1. The smallest absolute Gasteiger partial charge is 0.313 e. The van der Waals surface area contributed by atoms with Crippen LogP contribution in [0, 0.1) is 0 Å². The first-order valence-electron chi connectivity index (χ1n) is 4.80. The van der Waals surface area contributed by atoms with E-state index in [0.717, 1.165) is 0 Å². The van der Waals surface area contributed by atoms with Crippen molar-refractivity contribution in [2.24, 2.45) is 0 Å². The van der Waals surface area contributed by atoms with Crippen molar-refractivity contribution in [3.8, 4) is 0 Å². The van der Waals surface area contributed by atoms with E-state index in [-0.39, 0.29) is 31.0 Å². The molecule has 0 fully saturated rings. The van der Waals surface area contributed by atoms with Gasteiger partial charge in [-0.15, -0.1) is 0 Å². The second kappa shape index (κ2) is 5.84. The number of aromatic nitrogens is 2. The Hall–Kier alpha value is -1.92. The molecular formula is C9H12N2O5. The molecular weight excluding hydrogens is 216 g/mol. The van der Waals surface area contributed by atoms with Gasteiger partial charge in [0.05, 0.1) is 13.0 Å². The number of esters is 1. The van der Waals surface area contributed by atoms with Crippen molar-refractivity contribution in [3.05, 3.63) is 11.7 Å². The third kappa shape index (κ3) is 4.07. The van der Waals surface area contributed by atoms with Crippen molar-refractivity contribution < 1.29 is 24.0 Å². The zero-order valence-corrected chi connectivity index (χ0v) is 8.80. The van der Waals surface area contributed by atoms with Crippen molar-refractivity contribution in [1.29, 1.82) is 0 Å². The van der Waals surface area contributed by atoms with E-state index in [0.29, 0.717) is 6.61 Å². The van der Waals surface area contributed by atoms with Crippen molar-refractivity contribution >= 4 is 11.9 Å². The van der Waals surface area contributed by atoms with Gasteiger partial charge in [-0.05, 0) is 6.92 Å². The number of rotatable bonds is 6. The summed E-state index contributed by atoms with van der Waals surface area (Å²) >= 11 is 0. The second-order valence-electron chi connectivity index (χ2n) is 2.98. The van der Waals surface area contributed by atoms with Crippen LogP contribution in [-0.4, -0.2) is 33.8 Å². The van der Waals surface area contributed by atoms with Gasteiger partial charge in [0, 0.05) is 6.42 Å². The highest BCUT2D eigenvalue weighted by Gasteiger charge is 2.12. The molecule has 16 heavy (non-hydrogen) atoms. The molecule has 1 N–H and O–H groups in total. The van der Waals surface area contributed by atoms with Crippen LogP contribution in [0.5, 0.6) is 0 Å². The Morgan fingerprint density at radius 3 is 2.88 bits per heavy atom. The molecule has 0 unspecified atom stereocenters. The summed E-state index contributed by atoms with van der Waals surface area (Å²) in [7, 11) is 0. The molecule has 1 aromatic heterocycles. The fourth-order valence-corrected chi connectivity index (χ4v) is 1.02. The summed E-state index contributed by atoms with van der Waals surface area (Å²) in [5, 5.41) is 12.0. The summed E-state index contributed by atoms with van der Waals surface area (Å²) in [5.41, 5.74) is 0. The van der Waals surface area contributed by atoms with Crippen molar-refractivity contribution in [3.63, 3.8) is 0 Å². The lowest BCUT2D eigenvalue weighted by molar-refractivity contribution is -0.142. The van der Waals surface area contributed by atoms with E-state index in [9.17, 15) is 9.59 Å². The van der Waals surface area contributed by atoms with Crippen LogP contribution in [0.3, 0.4) is 0 Å². The average molecular weight is 228 g/mol. The molecule has 1 heterocycles. The van der Waals surface area contributed by atoms with E-state index in [1.807, 2.05) is 0 Å². The Bertz CT molecular complexity index is 374. The molecule has 0 bridgehead atoms. The summed E-state index contributed by atoms with van der Waals surface area (Å²) in [4.78, 5) is 25.2. The molecule has 0 atom stereocenters. The minimum absolute atomic E-state index is 0.0651. The molecule has 0 spiro atoms. The number of hydrogen-bond acceptors (Lipinski definition) is 6. The predicted octanol–water partition coefficient (Wildman–Crippen LogP) is 0.192. The Morgan fingerprint density at radius 1 is 1.50 bits per heavy atom. The molecule has 0 aromatic carbocycles. The number of carboxylic acids is 1. The number of aryl methyl sites for hydroxylation is 1. The number of ether oxygens (including phenoxy) is 1. The second-order valence-corrected chi connectivity index (χ2v) is 2.98. The third-order valence-electron chi connectivity index (χ3n) is 1.67. The van der Waals surface area contributed by atoms with Gasteiger partial charge in [0.1, 0.15) is 6.42 Å². The quantitative estimate of drug-likeness (QED) is 0.693. The summed E-state index contributed by atoms with van der Waals surface area (Å²) in [6.45, 7) is 2.00. The molecule has 1 aromatic rings. The minimum Gasteiger partial charge on any atom is -0.481 e. The molecule has 0 radical (unpaired) electrons. The van der Waals surface area contributed by atoms with E-state index in [1.165, 1.54) is 0 Å². The van der Waals surface area contributed by atoms with Crippen molar-refractivity contribution in [1.82, 2.24) is 10.1 Å². The van der Waals surface area contributed by atoms with Gasteiger partial charge >= 0.3 is 11.9 Å². The van der Waals surface area contributed by atoms with Gasteiger partial charge in [-0.1, -0.05) is 5.16 Å². The number of aliphatic carboxylic acids is 1. The summed E-state index contributed by atoms with van der Waals surface area (Å²) in [6.07, 6.45) is 0.0105. The Labute approximate surface area is 91.4 Å². The lowest BCUT2D eigenvalue weighted by atomic mass is 10.3. The molecule has 0 amide bonds. The fraction of sp³-hybridized carbons (Fsp3) is 0.556. The largest absolute Gasteiger partial charge is 0.481 e. The third-order valence-corrected chi connectivity index (χ3v) is 1.67. The molecule has 0 saturated heterocycles. The molecule has 0 aliphatic carbocycles. The predicted molar refractivity (Wildman–Crippen MR) is 50.6 cm³/mol. The first-order valence-corrected chi connectivity index (χ1v) is 4.80. The highest BCUT2D eigenvalue weighted by Crippen LogP contribution is 2.02. The van der Waals surface area contributed by atoms with Crippen LogP contribution in [-0.2, 0) is 27.2 Å². The van der Waals surface area contributed by atoms with E-state index >= 15 is 0 Å². The van der Waals surface area contributed by atoms with Crippen LogP contribution in [0.1, 0.15) is 25.1 Å². The van der Waals surface area contributed by atoms with Gasteiger partial charge in [0.15, 0.2) is 5.82 Å². The molecule has 7 heteroatoms.